The summed E-state index contributed by atoms with van der Waals surface area (Å²) in [6.45, 7) is 0. The van der Waals surface area contributed by atoms with E-state index in [1.54, 1.807) is 12.1 Å². The highest BCUT2D eigenvalue weighted by molar-refractivity contribution is 7.86. The van der Waals surface area contributed by atoms with Gasteiger partial charge >= 0.3 is 0 Å². The molecule has 0 unspecified atom stereocenters. The largest absolute Gasteiger partial charge is 0.435 e. The summed E-state index contributed by atoms with van der Waals surface area (Å²) in [6, 6.07) is 11.1. The summed E-state index contributed by atoms with van der Waals surface area (Å²) >= 11 is 1.24. The first-order valence-electron chi connectivity index (χ1n) is 8.45. The number of hydrogen-bond donors (Lipinski definition) is 2. The fourth-order valence-electron chi connectivity index (χ4n) is 2.91. The van der Waals surface area contributed by atoms with Gasteiger partial charge in [0.05, 0.1) is 19.5 Å². The third-order valence-corrected chi connectivity index (χ3v) is 7.10. The molecule has 0 aliphatic carbocycles. The van der Waals surface area contributed by atoms with Gasteiger partial charge in [0.25, 0.3) is 20.2 Å². The second-order valence-corrected chi connectivity index (χ2v) is 10.3. The summed E-state index contributed by atoms with van der Waals surface area (Å²) in [5.41, 5.74) is 1.22. The lowest BCUT2D eigenvalue weighted by molar-refractivity contribution is 0.481. The maximum Gasteiger partial charge on any atom is 0.294 e. The molecular formula is C18H10N2O8S3. The fourth-order valence-corrected chi connectivity index (χ4v) is 4.76. The van der Waals surface area contributed by atoms with Gasteiger partial charge in [-0.05, 0) is 36.4 Å². The van der Waals surface area contributed by atoms with Crippen molar-refractivity contribution in [1.29, 1.82) is 0 Å². The average molecular weight is 478 g/mol. The van der Waals surface area contributed by atoms with E-state index in [0.717, 1.165) is 0 Å². The molecule has 2 N–H and O–H groups in total. The van der Waals surface area contributed by atoms with Crippen LogP contribution in [-0.2, 0) is 20.2 Å². The number of benzene rings is 2. The van der Waals surface area contributed by atoms with E-state index >= 15 is 0 Å². The molecule has 2 aromatic carbocycles. The van der Waals surface area contributed by atoms with Crippen molar-refractivity contribution in [2.24, 2.45) is 0 Å². The normalized spacial score (nSPS) is 12.7. The van der Waals surface area contributed by atoms with Crippen LogP contribution in [0.4, 0.5) is 0 Å². The predicted octanol–water partition coefficient (Wildman–Crippen LogP) is 3.86. The van der Waals surface area contributed by atoms with Gasteiger partial charge in [-0.15, -0.1) is 11.3 Å². The SMILES string of the molecule is O=S(=O)(O)c1ccc2nc(-c3ccc(-c4nc5ccc(S(=O)(=O)O)cc5o4)s3)oc2c1. The quantitative estimate of drug-likeness (QED) is 0.363. The molecule has 0 aliphatic rings. The molecule has 0 spiro atoms. The zero-order valence-electron chi connectivity index (χ0n) is 15.1. The lowest BCUT2D eigenvalue weighted by Gasteiger charge is -1.94. The van der Waals surface area contributed by atoms with Gasteiger partial charge in [-0.1, -0.05) is 0 Å². The Morgan fingerprint density at radius 3 is 1.48 bits per heavy atom. The zero-order chi connectivity index (χ0) is 22.0. The minimum absolute atomic E-state index is 0.194. The Hall–Kier alpha value is -3.10. The Balaban J connectivity index is 1.52. The van der Waals surface area contributed by atoms with Crippen LogP contribution in [0.3, 0.4) is 0 Å². The second kappa shape index (κ2) is 6.70. The molecule has 0 radical (unpaired) electrons. The highest BCUT2D eigenvalue weighted by Gasteiger charge is 2.18. The average Bonchev–Trinajstić information content (AvgIpc) is 3.41. The number of fused-ring (bicyclic) bond motifs is 2. The maximum atomic E-state index is 11.3. The molecule has 158 valence electrons. The van der Waals surface area contributed by atoms with Crippen LogP contribution in [0.25, 0.3) is 43.7 Å². The first kappa shape index (κ1) is 19.8. The maximum absolute atomic E-state index is 11.3. The van der Waals surface area contributed by atoms with Crippen LogP contribution in [0.5, 0.6) is 0 Å². The van der Waals surface area contributed by atoms with Crippen molar-refractivity contribution in [3.8, 4) is 21.5 Å². The van der Waals surface area contributed by atoms with Crippen LogP contribution in [0, 0.1) is 0 Å². The van der Waals surface area contributed by atoms with Crippen molar-refractivity contribution in [2.75, 3.05) is 0 Å². The van der Waals surface area contributed by atoms with Crippen molar-refractivity contribution >= 4 is 53.8 Å². The Kier molecular flexibility index (Phi) is 4.29. The molecule has 0 fully saturated rings. The lowest BCUT2D eigenvalue weighted by atomic mass is 10.3. The van der Waals surface area contributed by atoms with Gasteiger partial charge in [0, 0.05) is 12.1 Å². The van der Waals surface area contributed by atoms with E-state index in [1.807, 2.05) is 0 Å². The van der Waals surface area contributed by atoms with Crippen molar-refractivity contribution in [1.82, 2.24) is 9.97 Å². The summed E-state index contributed by atoms with van der Waals surface area (Å²) < 4.78 is 74.8. The van der Waals surface area contributed by atoms with Crippen molar-refractivity contribution < 1.29 is 34.8 Å². The van der Waals surface area contributed by atoms with Crippen LogP contribution in [0.2, 0.25) is 0 Å². The Morgan fingerprint density at radius 2 is 1.10 bits per heavy atom. The van der Waals surface area contributed by atoms with Crippen LogP contribution in [0.15, 0.2) is 67.2 Å². The van der Waals surface area contributed by atoms with E-state index in [9.17, 15) is 25.9 Å². The van der Waals surface area contributed by atoms with Gasteiger partial charge in [0.1, 0.15) is 11.0 Å². The Morgan fingerprint density at radius 1 is 0.677 bits per heavy atom. The van der Waals surface area contributed by atoms with Gasteiger partial charge < -0.3 is 8.83 Å². The molecular weight excluding hydrogens is 468 g/mol. The molecule has 31 heavy (non-hydrogen) atoms. The van der Waals surface area contributed by atoms with Crippen LogP contribution in [-0.4, -0.2) is 35.9 Å². The monoisotopic (exact) mass is 478 g/mol. The van der Waals surface area contributed by atoms with E-state index in [-0.39, 0.29) is 32.7 Å². The smallest absolute Gasteiger partial charge is 0.294 e. The van der Waals surface area contributed by atoms with Crippen LogP contribution >= 0.6 is 11.3 Å². The van der Waals surface area contributed by atoms with Gasteiger partial charge in [-0.3, -0.25) is 9.11 Å². The number of aromatic nitrogens is 2. The third kappa shape index (κ3) is 3.62. The van der Waals surface area contributed by atoms with E-state index in [1.165, 1.54) is 47.7 Å². The lowest BCUT2D eigenvalue weighted by Crippen LogP contribution is -1.96. The predicted molar refractivity (Wildman–Crippen MR) is 110 cm³/mol. The number of oxazole rings is 2. The zero-order valence-corrected chi connectivity index (χ0v) is 17.5. The molecule has 13 heteroatoms. The molecule has 0 aliphatic heterocycles. The summed E-state index contributed by atoms with van der Waals surface area (Å²) in [6.07, 6.45) is 0. The highest BCUT2D eigenvalue weighted by atomic mass is 32.2. The molecule has 3 aromatic heterocycles. The summed E-state index contributed by atoms with van der Waals surface area (Å²) in [7, 11) is -8.73. The molecule has 0 bridgehead atoms. The number of thiophene rings is 1. The minimum Gasteiger partial charge on any atom is -0.435 e. The summed E-state index contributed by atoms with van der Waals surface area (Å²) in [5, 5.41) is 0. The van der Waals surface area contributed by atoms with Crippen LogP contribution in [0.1, 0.15) is 0 Å². The molecule has 0 saturated carbocycles. The molecule has 3 heterocycles. The summed E-state index contributed by atoms with van der Waals surface area (Å²) in [5.74, 6) is 0.479. The van der Waals surface area contributed by atoms with E-state index in [4.69, 9.17) is 8.83 Å². The number of hydrogen-bond acceptors (Lipinski definition) is 9. The molecule has 10 nitrogen and oxygen atoms in total. The molecule has 0 atom stereocenters. The topological polar surface area (TPSA) is 161 Å². The van der Waals surface area contributed by atoms with E-state index < -0.39 is 20.2 Å². The minimum atomic E-state index is -4.37. The van der Waals surface area contributed by atoms with Gasteiger partial charge in [-0.2, -0.15) is 16.8 Å². The summed E-state index contributed by atoms with van der Waals surface area (Å²) in [4.78, 5) is 9.25. The van der Waals surface area contributed by atoms with E-state index in [2.05, 4.69) is 9.97 Å². The molecule has 0 saturated heterocycles. The Bertz CT molecular complexity index is 1570. The number of nitrogens with zero attached hydrogens (tertiary/aromatic N) is 2. The van der Waals surface area contributed by atoms with Crippen molar-refractivity contribution in [3.05, 3.63) is 48.5 Å². The second-order valence-electron chi connectivity index (χ2n) is 6.41. The first-order chi connectivity index (χ1) is 14.6. The van der Waals surface area contributed by atoms with Gasteiger partial charge in [0.15, 0.2) is 11.2 Å². The molecule has 5 aromatic rings. The van der Waals surface area contributed by atoms with Gasteiger partial charge in [0.2, 0.25) is 11.8 Å². The van der Waals surface area contributed by atoms with Gasteiger partial charge in [-0.25, -0.2) is 9.97 Å². The standard InChI is InChI=1S/C18H10N2O8S3/c21-30(22,23)9-1-3-11-13(7-9)27-17(19-11)15-5-6-16(29-15)18-20-12-4-2-10(31(24,25)26)8-14(12)28-18/h1-8H,(H,21,22,23)(H,24,25,26). The Labute approximate surface area is 178 Å². The first-order valence-corrected chi connectivity index (χ1v) is 12.1. The molecule has 5 rings (SSSR count). The number of rotatable bonds is 4. The molecule has 0 amide bonds. The van der Waals surface area contributed by atoms with Crippen molar-refractivity contribution in [2.45, 2.75) is 9.79 Å². The van der Waals surface area contributed by atoms with Crippen molar-refractivity contribution in [3.63, 3.8) is 0 Å². The third-order valence-electron chi connectivity index (χ3n) is 4.34. The fraction of sp³-hybridized carbons (Fsp3) is 0. The van der Waals surface area contributed by atoms with Crippen LogP contribution < -0.4 is 0 Å². The van der Waals surface area contributed by atoms with E-state index in [0.29, 0.717) is 20.8 Å². The highest BCUT2D eigenvalue weighted by Crippen LogP contribution is 2.36.